The van der Waals surface area contributed by atoms with Crippen LogP contribution in [0.2, 0.25) is 0 Å². The summed E-state index contributed by atoms with van der Waals surface area (Å²) in [7, 11) is 0. The number of carbonyl (C=O) groups excluding carboxylic acids is 1. The molecule has 0 fully saturated rings. The summed E-state index contributed by atoms with van der Waals surface area (Å²) < 4.78 is 8.73. The molecule has 96 valence electrons. The van der Waals surface area contributed by atoms with Crippen LogP contribution in [-0.2, 0) is 14.3 Å². The summed E-state index contributed by atoms with van der Waals surface area (Å²) in [5.41, 5.74) is 5.15. The fraction of sp³-hybridized carbons (Fsp3) is 0.556. The standard InChI is InChI=1S/C7H13NO4.C2H2N2O/c8-4-1-5-12-7(11)3-2-6(9)10;1-2-4-5-3-1/h1-5,8H2,(H,9,10);1-2H. The molecular weight excluding hydrogens is 230 g/mol. The SMILES string of the molecule is NCCCOC(=O)CCC(=O)O.c1cnon1. The fourth-order valence-electron chi connectivity index (χ4n) is 0.687. The minimum absolute atomic E-state index is 0.0695. The number of carboxylic acids is 1. The number of nitrogens with zero attached hydrogens (tertiary/aromatic N) is 2. The van der Waals surface area contributed by atoms with Crippen LogP contribution in [-0.4, -0.2) is 40.5 Å². The van der Waals surface area contributed by atoms with Gasteiger partial charge in [-0.1, -0.05) is 10.3 Å². The zero-order valence-corrected chi connectivity index (χ0v) is 9.24. The van der Waals surface area contributed by atoms with Gasteiger partial charge in [0.1, 0.15) is 0 Å². The van der Waals surface area contributed by atoms with Gasteiger partial charge < -0.3 is 15.6 Å². The van der Waals surface area contributed by atoms with E-state index in [1.165, 1.54) is 12.4 Å². The Balaban J connectivity index is 0.000000419. The summed E-state index contributed by atoms with van der Waals surface area (Å²) in [5.74, 6) is -1.48. The lowest BCUT2D eigenvalue weighted by Crippen LogP contribution is -2.11. The molecule has 1 heterocycles. The Bertz CT molecular complexity index is 284. The molecular formula is C9H15N3O5. The second-order valence-electron chi connectivity index (χ2n) is 2.85. The lowest BCUT2D eigenvalue weighted by atomic mass is 10.3. The first-order chi connectivity index (χ1) is 8.16. The number of hydrogen-bond acceptors (Lipinski definition) is 7. The van der Waals surface area contributed by atoms with Crippen LogP contribution in [0, 0.1) is 0 Å². The molecule has 0 aliphatic rings. The first-order valence-corrected chi connectivity index (χ1v) is 4.95. The van der Waals surface area contributed by atoms with Gasteiger partial charge in [-0.25, -0.2) is 4.63 Å². The van der Waals surface area contributed by atoms with E-state index in [2.05, 4.69) is 19.7 Å². The Kier molecular flexibility index (Phi) is 9.34. The zero-order valence-electron chi connectivity index (χ0n) is 9.24. The van der Waals surface area contributed by atoms with Crippen molar-refractivity contribution in [1.29, 1.82) is 0 Å². The number of aromatic nitrogens is 2. The topological polar surface area (TPSA) is 129 Å². The van der Waals surface area contributed by atoms with E-state index in [-0.39, 0.29) is 19.4 Å². The number of nitrogens with two attached hydrogens (primary N) is 1. The van der Waals surface area contributed by atoms with E-state index in [0.29, 0.717) is 13.0 Å². The van der Waals surface area contributed by atoms with Gasteiger partial charge in [0, 0.05) is 0 Å². The smallest absolute Gasteiger partial charge is 0.306 e. The number of esters is 1. The van der Waals surface area contributed by atoms with Crippen molar-refractivity contribution < 1.29 is 24.1 Å². The van der Waals surface area contributed by atoms with E-state index in [0.717, 1.165) is 0 Å². The quantitative estimate of drug-likeness (QED) is 0.521. The average Bonchev–Trinajstić information content (AvgIpc) is 2.85. The van der Waals surface area contributed by atoms with Gasteiger partial charge >= 0.3 is 11.9 Å². The van der Waals surface area contributed by atoms with Crippen LogP contribution in [0.15, 0.2) is 17.0 Å². The Morgan fingerprint density at radius 2 is 1.94 bits per heavy atom. The molecule has 1 rings (SSSR count). The van der Waals surface area contributed by atoms with E-state index >= 15 is 0 Å². The van der Waals surface area contributed by atoms with Crippen LogP contribution in [0.3, 0.4) is 0 Å². The average molecular weight is 245 g/mol. The largest absolute Gasteiger partial charge is 0.481 e. The Morgan fingerprint density at radius 1 is 1.29 bits per heavy atom. The van der Waals surface area contributed by atoms with Gasteiger partial charge in [-0.3, -0.25) is 9.59 Å². The summed E-state index contributed by atoms with van der Waals surface area (Å²) in [5, 5.41) is 14.7. The molecule has 0 aromatic carbocycles. The molecule has 0 aliphatic carbocycles. The van der Waals surface area contributed by atoms with Gasteiger partial charge in [0.2, 0.25) is 0 Å². The van der Waals surface area contributed by atoms with E-state index < -0.39 is 11.9 Å². The maximum absolute atomic E-state index is 10.7. The highest BCUT2D eigenvalue weighted by Crippen LogP contribution is 1.93. The molecule has 8 nitrogen and oxygen atoms in total. The van der Waals surface area contributed by atoms with Crippen LogP contribution >= 0.6 is 0 Å². The van der Waals surface area contributed by atoms with Crippen LogP contribution < -0.4 is 5.73 Å². The van der Waals surface area contributed by atoms with Gasteiger partial charge in [0.15, 0.2) is 0 Å². The summed E-state index contributed by atoms with van der Waals surface area (Å²) in [4.78, 5) is 20.7. The second kappa shape index (κ2) is 10.6. The molecule has 0 amide bonds. The first-order valence-electron chi connectivity index (χ1n) is 4.95. The van der Waals surface area contributed by atoms with Crippen molar-refractivity contribution in [2.75, 3.05) is 13.2 Å². The lowest BCUT2D eigenvalue weighted by Gasteiger charge is -2.01. The van der Waals surface area contributed by atoms with Gasteiger partial charge in [0.05, 0.1) is 31.8 Å². The maximum Gasteiger partial charge on any atom is 0.306 e. The fourth-order valence-corrected chi connectivity index (χ4v) is 0.687. The number of rotatable bonds is 6. The monoisotopic (exact) mass is 245 g/mol. The molecule has 0 atom stereocenters. The van der Waals surface area contributed by atoms with Crippen molar-refractivity contribution in [2.45, 2.75) is 19.3 Å². The van der Waals surface area contributed by atoms with Crippen LogP contribution in [0.5, 0.6) is 0 Å². The number of carbonyl (C=O) groups is 2. The molecule has 1 aromatic rings. The van der Waals surface area contributed by atoms with Gasteiger partial charge in [-0.05, 0) is 13.0 Å². The maximum atomic E-state index is 10.7. The lowest BCUT2D eigenvalue weighted by molar-refractivity contribution is -0.147. The number of hydrogen-bond donors (Lipinski definition) is 2. The predicted octanol–water partition coefficient (Wildman–Crippen LogP) is -0.187. The number of ether oxygens (including phenoxy) is 1. The normalized spacial score (nSPS) is 9.00. The third kappa shape index (κ3) is 12.0. The molecule has 0 unspecified atom stereocenters. The summed E-state index contributed by atoms with van der Waals surface area (Å²) in [6.07, 6.45) is 3.31. The van der Waals surface area contributed by atoms with Crippen molar-refractivity contribution in [3.05, 3.63) is 12.4 Å². The van der Waals surface area contributed by atoms with Crippen molar-refractivity contribution in [3.8, 4) is 0 Å². The molecule has 0 saturated heterocycles. The minimum Gasteiger partial charge on any atom is -0.481 e. The third-order valence-corrected chi connectivity index (χ3v) is 1.44. The number of aliphatic carboxylic acids is 1. The van der Waals surface area contributed by atoms with Gasteiger partial charge in [-0.15, -0.1) is 0 Å². The molecule has 0 spiro atoms. The van der Waals surface area contributed by atoms with Gasteiger partial charge in [-0.2, -0.15) is 0 Å². The summed E-state index contributed by atoms with van der Waals surface area (Å²) in [6.45, 7) is 0.737. The van der Waals surface area contributed by atoms with E-state index in [4.69, 9.17) is 10.8 Å². The molecule has 17 heavy (non-hydrogen) atoms. The van der Waals surface area contributed by atoms with Crippen LogP contribution in [0.25, 0.3) is 0 Å². The van der Waals surface area contributed by atoms with Crippen LogP contribution in [0.4, 0.5) is 0 Å². The molecule has 0 aliphatic heterocycles. The summed E-state index contributed by atoms with van der Waals surface area (Å²) in [6, 6.07) is 0. The minimum atomic E-state index is -0.995. The Labute approximate surface area is 97.7 Å². The predicted molar refractivity (Wildman–Crippen MR) is 55.8 cm³/mol. The molecule has 0 bridgehead atoms. The molecule has 8 heteroatoms. The third-order valence-electron chi connectivity index (χ3n) is 1.44. The molecule has 1 aromatic heterocycles. The van der Waals surface area contributed by atoms with E-state index in [1.807, 2.05) is 0 Å². The van der Waals surface area contributed by atoms with Crippen LogP contribution in [0.1, 0.15) is 19.3 Å². The van der Waals surface area contributed by atoms with E-state index in [1.54, 1.807) is 0 Å². The van der Waals surface area contributed by atoms with Crippen molar-refractivity contribution in [2.24, 2.45) is 5.73 Å². The highest BCUT2D eigenvalue weighted by molar-refractivity contribution is 5.76. The molecule has 3 N–H and O–H groups in total. The van der Waals surface area contributed by atoms with Crippen molar-refractivity contribution >= 4 is 11.9 Å². The number of carboxylic acid groups (broad SMARTS) is 1. The summed E-state index contributed by atoms with van der Waals surface area (Å²) >= 11 is 0. The van der Waals surface area contributed by atoms with Crippen molar-refractivity contribution in [3.63, 3.8) is 0 Å². The second-order valence-corrected chi connectivity index (χ2v) is 2.85. The highest BCUT2D eigenvalue weighted by Gasteiger charge is 2.05. The van der Waals surface area contributed by atoms with Crippen molar-refractivity contribution in [1.82, 2.24) is 10.3 Å². The Hall–Kier alpha value is -1.96. The highest BCUT2D eigenvalue weighted by atomic mass is 16.6. The molecule has 0 radical (unpaired) electrons. The molecule has 0 saturated carbocycles. The van der Waals surface area contributed by atoms with Gasteiger partial charge in [0.25, 0.3) is 0 Å². The first kappa shape index (κ1) is 15.0. The Morgan fingerprint density at radius 3 is 2.35 bits per heavy atom. The zero-order chi connectivity index (χ0) is 12.9. The van der Waals surface area contributed by atoms with E-state index in [9.17, 15) is 9.59 Å².